The van der Waals surface area contributed by atoms with Gasteiger partial charge in [0, 0.05) is 50.0 Å². The first-order chi connectivity index (χ1) is 12.2. The molecule has 0 spiro atoms. The van der Waals surface area contributed by atoms with Crippen LogP contribution in [-0.4, -0.2) is 35.4 Å². The van der Waals surface area contributed by atoms with E-state index >= 15 is 0 Å². The van der Waals surface area contributed by atoms with Gasteiger partial charge in [-0.05, 0) is 37.0 Å². The standard InChI is InChI=1S/C20H24FN3O/c1-2-18-14-24-19(11-22-20(24)16-6-8-25-9-7-16)13-23(18)12-15-4-3-5-17(21)10-15/h3-5,10-11,13-14,16,20H,2,6-9,12H2,1H3. The third-order valence-electron chi connectivity index (χ3n) is 5.18. The number of rotatable bonds is 4. The summed E-state index contributed by atoms with van der Waals surface area (Å²) in [7, 11) is 0. The van der Waals surface area contributed by atoms with Gasteiger partial charge in [0.25, 0.3) is 0 Å². The second kappa shape index (κ2) is 7.00. The average Bonchev–Trinajstić information content (AvgIpc) is 3.04. The molecule has 4 rings (SSSR count). The lowest BCUT2D eigenvalue weighted by molar-refractivity contribution is 0.0448. The molecule has 1 fully saturated rings. The quantitative estimate of drug-likeness (QED) is 0.832. The summed E-state index contributed by atoms with van der Waals surface area (Å²) in [5.41, 5.74) is 3.32. The van der Waals surface area contributed by atoms with Gasteiger partial charge in [0.1, 0.15) is 12.0 Å². The van der Waals surface area contributed by atoms with Crippen LogP contribution in [0.4, 0.5) is 4.39 Å². The lowest BCUT2D eigenvalue weighted by Crippen LogP contribution is -2.38. The number of hydrogen-bond acceptors (Lipinski definition) is 4. The highest BCUT2D eigenvalue weighted by Crippen LogP contribution is 2.34. The first-order valence-electron chi connectivity index (χ1n) is 9.07. The van der Waals surface area contributed by atoms with Gasteiger partial charge in [-0.3, -0.25) is 4.99 Å². The lowest BCUT2D eigenvalue weighted by Gasteiger charge is -2.37. The molecule has 0 amide bonds. The molecule has 1 saturated heterocycles. The molecule has 4 nitrogen and oxygen atoms in total. The summed E-state index contributed by atoms with van der Waals surface area (Å²) in [6.45, 7) is 4.49. The van der Waals surface area contributed by atoms with E-state index in [4.69, 9.17) is 9.73 Å². The molecule has 3 aliphatic heterocycles. The van der Waals surface area contributed by atoms with Crippen molar-refractivity contribution < 1.29 is 9.13 Å². The minimum absolute atomic E-state index is 0.187. The van der Waals surface area contributed by atoms with Crippen LogP contribution in [-0.2, 0) is 11.3 Å². The number of allylic oxidation sites excluding steroid dienone is 2. The number of halogens is 1. The zero-order valence-corrected chi connectivity index (χ0v) is 14.6. The Balaban J connectivity index is 1.54. The fraction of sp³-hybridized carbons (Fsp3) is 0.450. The average molecular weight is 341 g/mol. The highest BCUT2D eigenvalue weighted by Gasteiger charge is 2.34. The molecule has 132 valence electrons. The van der Waals surface area contributed by atoms with Gasteiger partial charge in [-0.1, -0.05) is 19.1 Å². The van der Waals surface area contributed by atoms with Gasteiger partial charge in [-0.25, -0.2) is 4.39 Å². The van der Waals surface area contributed by atoms with E-state index in [-0.39, 0.29) is 12.0 Å². The van der Waals surface area contributed by atoms with Crippen molar-refractivity contribution in [3.8, 4) is 0 Å². The minimum Gasteiger partial charge on any atom is -0.381 e. The number of fused-ring (bicyclic) bond motifs is 1. The zero-order chi connectivity index (χ0) is 17.2. The first-order valence-corrected chi connectivity index (χ1v) is 9.07. The predicted molar refractivity (Wildman–Crippen MR) is 96.1 cm³/mol. The normalized spacial score (nSPS) is 23.5. The molecule has 0 bridgehead atoms. The molecule has 3 heterocycles. The van der Waals surface area contributed by atoms with Crippen LogP contribution in [0.3, 0.4) is 0 Å². The molecule has 1 unspecified atom stereocenters. The Bertz CT molecular complexity index is 721. The maximum atomic E-state index is 13.5. The van der Waals surface area contributed by atoms with Gasteiger partial charge in [0.15, 0.2) is 0 Å². The first kappa shape index (κ1) is 16.3. The molecule has 1 aromatic carbocycles. The van der Waals surface area contributed by atoms with E-state index in [1.807, 2.05) is 12.3 Å². The molecule has 1 aromatic rings. The fourth-order valence-electron chi connectivity index (χ4n) is 3.81. The van der Waals surface area contributed by atoms with E-state index < -0.39 is 0 Å². The summed E-state index contributed by atoms with van der Waals surface area (Å²) in [4.78, 5) is 9.28. The molecule has 0 aliphatic carbocycles. The fourth-order valence-corrected chi connectivity index (χ4v) is 3.81. The van der Waals surface area contributed by atoms with E-state index in [9.17, 15) is 4.39 Å². The van der Waals surface area contributed by atoms with E-state index in [0.29, 0.717) is 12.5 Å². The highest BCUT2D eigenvalue weighted by atomic mass is 19.1. The van der Waals surface area contributed by atoms with Crippen LogP contribution in [0.2, 0.25) is 0 Å². The number of aliphatic imine (C=N–C) groups is 1. The Morgan fingerprint density at radius 1 is 1.24 bits per heavy atom. The molecule has 3 aliphatic rings. The maximum Gasteiger partial charge on any atom is 0.128 e. The van der Waals surface area contributed by atoms with E-state index in [1.165, 1.54) is 11.8 Å². The van der Waals surface area contributed by atoms with Gasteiger partial charge in [-0.2, -0.15) is 0 Å². The van der Waals surface area contributed by atoms with E-state index in [0.717, 1.165) is 43.7 Å². The smallest absolute Gasteiger partial charge is 0.128 e. The van der Waals surface area contributed by atoms with Crippen LogP contribution in [0, 0.1) is 11.7 Å². The summed E-state index contributed by atoms with van der Waals surface area (Å²) < 4.78 is 19.0. The molecular weight excluding hydrogens is 317 g/mol. The SMILES string of the molecule is CCC1=CN2C(=CN1Cc1cccc(F)c1)C=NC2C1CCOCC1. The lowest BCUT2D eigenvalue weighted by atomic mass is 9.96. The summed E-state index contributed by atoms with van der Waals surface area (Å²) in [5.74, 6) is 0.354. The molecule has 0 N–H and O–H groups in total. The summed E-state index contributed by atoms with van der Waals surface area (Å²) >= 11 is 0. The Hall–Kier alpha value is -2.14. The molecule has 1 atom stereocenters. The largest absolute Gasteiger partial charge is 0.381 e. The second-order valence-corrected chi connectivity index (χ2v) is 6.83. The molecule has 25 heavy (non-hydrogen) atoms. The number of benzene rings is 1. The monoisotopic (exact) mass is 341 g/mol. The van der Waals surface area contributed by atoms with Crippen LogP contribution in [0.25, 0.3) is 0 Å². The van der Waals surface area contributed by atoms with E-state index in [2.05, 4.69) is 29.1 Å². The molecular formula is C20H24FN3O. The van der Waals surface area contributed by atoms with Crippen molar-refractivity contribution in [2.45, 2.75) is 38.9 Å². The molecule has 5 heteroatoms. The topological polar surface area (TPSA) is 28.1 Å². The van der Waals surface area contributed by atoms with Gasteiger partial charge >= 0.3 is 0 Å². The van der Waals surface area contributed by atoms with Gasteiger partial charge in [-0.15, -0.1) is 0 Å². The van der Waals surface area contributed by atoms with Crippen molar-refractivity contribution in [2.75, 3.05) is 13.2 Å². The number of ether oxygens (including phenoxy) is 1. The number of nitrogens with zero attached hydrogens (tertiary/aromatic N) is 3. The summed E-state index contributed by atoms with van der Waals surface area (Å²) in [5, 5.41) is 0. The Morgan fingerprint density at radius 3 is 2.84 bits per heavy atom. The van der Waals surface area contributed by atoms with Crippen LogP contribution < -0.4 is 0 Å². The minimum atomic E-state index is -0.187. The third-order valence-corrected chi connectivity index (χ3v) is 5.18. The molecule has 0 aromatic heterocycles. The third kappa shape index (κ3) is 3.33. The molecule has 0 saturated carbocycles. The summed E-state index contributed by atoms with van der Waals surface area (Å²) in [6, 6.07) is 6.82. The maximum absolute atomic E-state index is 13.5. The van der Waals surface area contributed by atoms with Gasteiger partial charge in [0.05, 0.1) is 5.70 Å². The van der Waals surface area contributed by atoms with E-state index in [1.54, 1.807) is 12.1 Å². The summed E-state index contributed by atoms with van der Waals surface area (Å²) in [6.07, 6.45) is 9.59. The Labute approximate surface area is 148 Å². The van der Waals surface area contributed by atoms with Crippen molar-refractivity contribution in [1.82, 2.24) is 9.80 Å². The zero-order valence-electron chi connectivity index (χ0n) is 14.6. The van der Waals surface area contributed by atoms with Gasteiger partial charge in [0.2, 0.25) is 0 Å². The highest BCUT2D eigenvalue weighted by molar-refractivity contribution is 5.81. The van der Waals surface area contributed by atoms with Crippen molar-refractivity contribution in [1.29, 1.82) is 0 Å². The van der Waals surface area contributed by atoms with Crippen molar-refractivity contribution >= 4 is 6.21 Å². The Kier molecular flexibility index (Phi) is 4.57. The Morgan fingerprint density at radius 2 is 2.08 bits per heavy atom. The van der Waals surface area contributed by atoms with Crippen LogP contribution >= 0.6 is 0 Å². The van der Waals surface area contributed by atoms with Crippen molar-refractivity contribution in [2.24, 2.45) is 10.9 Å². The van der Waals surface area contributed by atoms with Crippen molar-refractivity contribution in [3.63, 3.8) is 0 Å². The van der Waals surface area contributed by atoms with Gasteiger partial charge < -0.3 is 14.5 Å². The van der Waals surface area contributed by atoms with Crippen LogP contribution in [0.5, 0.6) is 0 Å². The van der Waals surface area contributed by atoms with Crippen molar-refractivity contribution in [3.05, 3.63) is 59.4 Å². The molecule has 0 radical (unpaired) electrons. The number of hydrogen-bond donors (Lipinski definition) is 0. The predicted octanol–water partition coefficient (Wildman–Crippen LogP) is 3.87. The second-order valence-electron chi connectivity index (χ2n) is 6.83. The van der Waals surface area contributed by atoms with Crippen LogP contribution in [0.15, 0.2) is 53.1 Å². The van der Waals surface area contributed by atoms with Crippen LogP contribution in [0.1, 0.15) is 31.7 Å².